The van der Waals surface area contributed by atoms with Crippen LogP contribution in [0.3, 0.4) is 0 Å². The molecule has 0 aliphatic carbocycles. The second-order valence-electron chi connectivity index (χ2n) is 4.87. The Kier molecular flexibility index (Phi) is 5.38. The van der Waals surface area contributed by atoms with Crippen LogP contribution in [0.2, 0.25) is 0 Å². The zero-order chi connectivity index (χ0) is 17.6. The van der Waals surface area contributed by atoms with Crippen molar-refractivity contribution in [2.75, 3.05) is 0 Å². The van der Waals surface area contributed by atoms with Crippen LogP contribution in [0.15, 0.2) is 54.6 Å². The molecule has 0 saturated carbocycles. The highest BCUT2D eigenvalue weighted by Crippen LogP contribution is 2.29. The third kappa shape index (κ3) is 4.99. The second kappa shape index (κ2) is 7.47. The summed E-state index contributed by atoms with van der Waals surface area (Å²) >= 11 is 0. The number of carbonyl (C=O) groups is 1. The lowest BCUT2D eigenvalue weighted by Crippen LogP contribution is -2.04. The van der Waals surface area contributed by atoms with Crippen LogP contribution >= 0.6 is 0 Å². The molecule has 0 aliphatic rings. The Bertz CT molecular complexity index is 787. The number of carbonyl (C=O) groups excluding carboxylic acids is 1. The van der Waals surface area contributed by atoms with Gasteiger partial charge in [-0.15, -0.1) is 0 Å². The van der Waals surface area contributed by atoms with Crippen molar-refractivity contribution in [1.29, 1.82) is 5.26 Å². The molecule has 0 heterocycles. The molecule has 0 unspecified atom stereocenters. The summed E-state index contributed by atoms with van der Waals surface area (Å²) in [6.07, 6.45) is -1.88. The number of halogens is 3. The van der Waals surface area contributed by atoms with E-state index >= 15 is 0 Å². The number of alkyl halides is 3. The molecule has 0 atom stereocenters. The predicted octanol–water partition coefficient (Wildman–Crippen LogP) is 4.33. The van der Waals surface area contributed by atoms with Gasteiger partial charge < -0.3 is 4.74 Å². The van der Waals surface area contributed by atoms with Crippen LogP contribution in [-0.4, -0.2) is 5.97 Å². The van der Waals surface area contributed by atoms with Gasteiger partial charge >= 0.3 is 12.1 Å². The molecule has 0 aromatic heterocycles. The maximum Gasteiger partial charge on any atom is 0.416 e. The van der Waals surface area contributed by atoms with Gasteiger partial charge in [0.15, 0.2) is 0 Å². The van der Waals surface area contributed by atoms with Gasteiger partial charge in [0.05, 0.1) is 17.2 Å². The molecule has 2 aromatic rings. The van der Waals surface area contributed by atoms with Gasteiger partial charge in [0.25, 0.3) is 0 Å². The quantitative estimate of drug-likeness (QED) is 0.619. The number of nitrogens with zero attached hydrogens (tertiary/aromatic N) is 1. The van der Waals surface area contributed by atoms with Gasteiger partial charge in [0, 0.05) is 6.08 Å². The maximum absolute atomic E-state index is 12.4. The van der Waals surface area contributed by atoms with Crippen LogP contribution in [0.4, 0.5) is 13.2 Å². The van der Waals surface area contributed by atoms with Crippen molar-refractivity contribution in [2.24, 2.45) is 0 Å². The Morgan fingerprint density at radius 3 is 2.50 bits per heavy atom. The maximum atomic E-state index is 12.4. The van der Waals surface area contributed by atoms with E-state index in [4.69, 9.17) is 10.00 Å². The first-order valence-electron chi connectivity index (χ1n) is 6.89. The molecule has 6 heteroatoms. The van der Waals surface area contributed by atoms with Crippen LogP contribution in [0, 0.1) is 11.3 Å². The first-order chi connectivity index (χ1) is 11.4. The van der Waals surface area contributed by atoms with Crippen molar-refractivity contribution >= 4 is 12.0 Å². The molecule has 0 N–H and O–H groups in total. The number of esters is 1. The minimum Gasteiger partial charge on any atom is -0.458 e. The third-order valence-corrected chi connectivity index (χ3v) is 3.09. The van der Waals surface area contributed by atoms with Crippen molar-refractivity contribution in [3.05, 3.63) is 76.9 Å². The molecule has 0 bridgehead atoms. The molecular formula is C18H12F3NO2. The van der Waals surface area contributed by atoms with E-state index in [1.165, 1.54) is 18.2 Å². The predicted molar refractivity (Wildman–Crippen MR) is 81.4 cm³/mol. The number of benzene rings is 2. The largest absolute Gasteiger partial charge is 0.458 e. The number of nitriles is 1. The summed E-state index contributed by atoms with van der Waals surface area (Å²) in [5.41, 5.74) is 0.834. The monoisotopic (exact) mass is 331 g/mol. The van der Waals surface area contributed by atoms with Crippen LogP contribution in [-0.2, 0) is 22.3 Å². The Hall–Kier alpha value is -3.07. The fraction of sp³-hybridized carbons (Fsp3) is 0.111. The van der Waals surface area contributed by atoms with Crippen molar-refractivity contribution in [2.45, 2.75) is 12.8 Å². The van der Waals surface area contributed by atoms with Gasteiger partial charge in [-0.3, -0.25) is 0 Å². The van der Waals surface area contributed by atoms with Crippen LogP contribution < -0.4 is 0 Å². The lowest BCUT2D eigenvalue weighted by molar-refractivity contribution is -0.139. The number of hydrogen-bond donors (Lipinski definition) is 0. The second-order valence-corrected chi connectivity index (χ2v) is 4.87. The fourth-order valence-corrected chi connectivity index (χ4v) is 1.88. The number of hydrogen-bond acceptors (Lipinski definition) is 3. The van der Waals surface area contributed by atoms with E-state index in [-0.39, 0.29) is 6.61 Å². The van der Waals surface area contributed by atoms with Crippen LogP contribution in [0.25, 0.3) is 6.08 Å². The highest BCUT2D eigenvalue weighted by Gasteiger charge is 2.29. The van der Waals surface area contributed by atoms with Crippen LogP contribution in [0.1, 0.15) is 22.3 Å². The highest BCUT2D eigenvalue weighted by atomic mass is 19.4. The van der Waals surface area contributed by atoms with E-state index in [2.05, 4.69) is 0 Å². The molecule has 0 saturated heterocycles. The van der Waals surface area contributed by atoms with E-state index in [9.17, 15) is 18.0 Å². The van der Waals surface area contributed by atoms with Gasteiger partial charge in [-0.25, -0.2) is 4.79 Å². The van der Waals surface area contributed by atoms with Gasteiger partial charge in [-0.1, -0.05) is 24.3 Å². The summed E-state index contributed by atoms with van der Waals surface area (Å²) in [7, 11) is 0. The molecule has 3 nitrogen and oxygen atoms in total. The summed E-state index contributed by atoms with van der Waals surface area (Å²) in [6.45, 7) is 0.00566. The molecule has 0 spiro atoms. The van der Waals surface area contributed by atoms with Crippen molar-refractivity contribution in [3.8, 4) is 6.07 Å². The van der Waals surface area contributed by atoms with Gasteiger partial charge in [-0.2, -0.15) is 18.4 Å². The Morgan fingerprint density at radius 2 is 1.88 bits per heavy atom. The van der Waals surface area contributed by atoms with Crippen molar-refractivity contribution < 1.29 is 22.7 Å². The third-order valence-electron chi connectivity index (χ3n) is 3.09. The van der Waals surface area contributed by atoms with Gasteiger partial charge in [0.1, 0.15) is 6.61 Å². The Labute approximate surface area is 136 Å². The van der Waals surface area contributed by atoms with Crippen molar-refractivity contribution in [3.63, 3.8) is 0 Å². The number of rotatable bonds is 4. The Morgan fingerprint density at radius 1 is 1.17 bits per heavy atom. The molecular weight excluding hydrogens is 319 g/mol. The summed E-state index contributed by atoms with van der Waals surface area (Å²) in [6, 6.07) is 13.0. The van der Waals surface area contributed by atoms with Crippen LogP contribution in [0.5, 0.6) is 0 Å². The summed E-state index contributed by atoms with van der Waals surface area (Å²) in [5, 5.41) is 8.78. The van der Waals surface area contributed by atoms with E-state index in [1.807, 2.05) is 6.07 Å². The smallest absolute Gasteiger partial charge is 0.416 e. The first-order valence-corrected chi connectivity index (χ1v) is 6.89. The zero-order valence-electron chi connectivity index (χ0n) is 12.4. The normalized spacial score (nSPS) is 11.2. The van der Waals surface area contributed by atoms with E-state index < -0.39 is 17.7 Å². The van der Waals surface area contributed by atoms with E-state index in [1.54, 1.807) is 24.3 Å². The van der Waals surface area contributed by atoms with Crippen molar-refractivity contribution in [1.82, 2.24) is 0 Å². The molecule has 122 valence electrons. The summed E-state index contributed by atoms with van der Waals surface area (Å²) in [4.78, 5) is 11.6. The topological polar surface area (TPSA) is 50.1 Å². The lowest BCUT2D eigenvalue weighted by Gasteiger charge is -2.06. The molecule has 0 aliphatic heterocycles. The molecule has 0 fully saturated rings. The zero-order valence-corrected chi connectivity index (χ0v) is 12.4. The van der Waals surface area contributed by atoms with Gasteiger partial charge in [0.2, 0.25) is 0 Å². The molecule has 24 heavy (non-hydrogen) atoms. The SMILES string of the molecule is N#Cc1cccc(COC(=O)/C=C/c2ccc(C(F)(F)F)cc2)c1. The average molecular weight is 331 g/mol. The van der Waals surface area contributed by atoms with E-state index in [0.717, 1.165) is 18.2 Å². The molecule has 0 radical (unpaired) electrons. The van der Waals surface area contributed by atoms with E-state index in [0.29, 0.717) is 16.7 Å². The number of ether oxygens (including phenoxy) is 1. The van der Waals surface area contributed by atoms with Gasteiger partial charge in [-0.05, 0) is 41.5 Å². The Balaban J connectivity index is 1.92. The average Bonchev–Trinajstić information content (AvgIpc) is 2.58. The molecule has 2 rings (SSSR count). The first kappa shape index (κ1) is 17.3. The minimum atomic E-state index is -4.39. The summed E-state index contributed by atoms with van der Waals surface area (Å²) < 4.78 is 42.3. The minimum absolute atomic E-state index is 0.00566. The highest BCUT2D eigenvalue weighted by molar-refractivity contribution is 5.87. The standard InChI is InChI=1S/C18H12F3NO2/c19-18(20,21)16-7-4-13(5-8-16)6-9-17(23)24-12-15-3-1-2-14(10-15)11-22/h1-10H,12H2/b9-6+. The summed E-state index contributed by atoms with van der Waals surface area (Å²) in [5.74, 6) is -0.628. The fourth-order valence-electron chi connectivity index (χ4n) is 1.88. The lowest BCUT2D eigenvalue weighted by atomic mass is 10.1. The molecule has 0 amide bonds. The molecule has 2 aromatic carbocycles.